The van der Waals surface area contributed by atoms with Crippen molar-refractivity contribution in [3.8, 4) is 0 Å². The highest BCUT2D eigenvalue weighted by Gasteiger charge is 2.30. The number of hydrogen-bond donors (Lipinski definition) is 3. The average molecular weight is 1310 g/mol. The number of carbonyl (C=O) groups is 4. The van der Waals surface area contributed by atoms with Gasteiger partial charge >= 0.3 is 39.5 Å². The number of rotatable bonds is 67. The molecule has 0 saturated heterocycles. The van der Waals surface area contributed by atoms with E-state index >= 15 is 0 Å². The normalized spacial score (nSPS) is 15.2. The van der Waals surface area contributed by atoms with Crippen LogP contribution in [0, 0.1) is 23.7 Å². The molecule has 0 aliphatic rings. The summed E-state index contributed by atoms with van der Waals surface area (Å²) >= 11 is 0. The molecule has 89 heavy (non-hydrogen) atoms. The van der Waals surface area contributed by atoms with Crippen LogP contribution in [0.1, 0.15) is 344 Å². The van der Waals surface area contributed by atoms with Gasteiger partial charge in [0.15, 0.2) is 12.2 Å². The molecule has 0 fully saturated rings. The SMILES string of the molecule is CCC(C)CCCCCCCCCCC(=O)OC[C@H](COP(=O)(O)OC[C@@H](O)COP(=O)(O)OC[C@@H](COC(=O)CCCCCCCCCCC(C)CC)OC(=O)CCCCCCCCCCC(C)CC)OC(=O)CCCCCCCCCCCCC(C)C. The van der Waals surface area contributed by atoms with Crippen LogP contribution in [0.15, 0.2) is 0 Å². The second kappa shape index (κ2) is 59.8. The van der Waals surface area contributed by atoms with E-state index in [0.717, 1.165) is 114 Å². The molecule has 17 nitrogen and oxygen atoms in total. The maximum Gasteiger partial charge on any atom is 0.472 e. The van der Waals surface area contributed by atoms with Crippen LogP contribution < -0.4 is 0 Å². The zero-order valence-corrected chi connectivity index (χ0v) is 59.8. The summed E-state index contributed by atoms with van der Waals surface area (Å²) in [7, 11) is -9.90. The summed E-state index contributed by atoms with van der Waals surface area (Å²) in [4.78, 5) is 72.6. The van der Waals surface area contributed by atoms with E-state index in [2.05, 4.69) is 55.4 Å². The molecule has 5 unspecified atom stereocenters. The van der Waals surface area contributed by atoms with Gasteiger partial charge in [-0.3, -0.25) is 37.3 Å². The Morgan fingerprint density at radius 1 is 0.315 bits per heavy atom. The lowest BCUT2D eigenvalue weighted by molar-refractivity contribution is -0.161. The molecular weight excluding hydrogens is 1170 g/mol. The van der Waals surface area contributed by atoms with Crippen LogP contribution in [0.25, 0.3) is 0 Å². The summed E-state index contributed by atoms with van der Waals surface area (Å²) < 4.78 is 68.3. The Bertz CT molecular complexity index is 1770. The van der Waals surface area contributed by atoms with Crippen molar-refractivity contribution in [2.45, 2.75) is 363 Å². The van der Waals surface area contributed by atoms with Crippen molar-refractivity contribution in [3.63, 3.8) is 0 Å². The summed E-state index contributed by atoms with van der Waals surface area (Å²) in [6.45, 7) is 14.1. The van der Waals surface area contributed by atoms with Crippen molar-refractivity contribution >= 4 is 39.5 Å². The van der Waals surface area contributed by atoms with Crippen molar-refractivity contribution < 1.29 is 80.2 Å². The fourth-order valence-electron chi connectivity index (χ4n) is 10.4. The maximum atomic E-state index is 13.0. The highest BCUT2D eigenvalue weighted by Crippen LogP contribution is 2.45. The van der Waals surface area contributed by atoms with Gasteiger partial charge in [-0.2, -0.15) is 0 Å². The molecule has 528 valence electrons. The van der Waals surface area contributed by atoms with Gasteiger partial charge in [0.1, 0.15) is 19.3 Å². The molecule has 0 amide bonds. The molecule has 8 atom stereocenters. The Balaban J connectivity index is 5.29. The number of hydrogen-bond acceptors (Lipinski definition) is 15. The highest BCUT2D eigenvalue weighted by molar-refractivity contribution is 7.47. The van der Waals surface area contributed by atoms with Gasteiger partial charge in [-0.05, 0) is 49.4 Å². The first-order valence-electron chi connectivity index (χ1n) is 36.3. The summed E-state index contributed by atoms with van der Waals surface area (Å²) in [5.41, 5.74) is 0. The molecular formula is C70H136O17P2. The number of aliphatic hydroxyl groups is 1. The fourth-order valence-corrected chi connectivity index (χ4v) is 12.0. The zero-order valence-electron chi connectivity index (χ0n) is 58.1. The van der Waals surface area contributed by atoms with E-state index in [1.807, 2.05) is 0 Å². The van der Waals surface area contributed by atoms with E-state index in [4.69, 9.17) is 37.0 Å². The Kier molecular flexibility index (Phi) is 58.5. The first-order valence-corrected chi connectivity index (χ1v) is 39.3. The number of unbranched alkanes of at least 4 members (excludes halogenated alkanes) is 30. The smallest absolute Gasteiger partial charge is 0.462 e. The number of phosphoric acid groups is 2. The monoisotopic (exact) mass is 1310 g/mol. The third kappa shape index (κ3) is 60.7. The first kappa shape index (κ1) is 87.1. The van der Waals surface area contributed by atoms with Gasteiger partial charge in [0.2, 0.25) is 0 Å². The van der Waals surface area contributed by atoms with Crippen LogP contribution in [0.4, 0.5) is 0 Å². The van der Waals surface area contributed by atoms with Gasteiger partial charge in [0.25, 0.3) is 0 Å². The largest absolute Gasteiger partial charge is 0.472 e. The Morgan fingerprint density at radius 3 is 0.798 bits per heavy atom. The van der Waals surface area contributed by atoms with Crippen molar-refractivity contribution in [2.24, 2.45) is 23.7 Å². The van der Waals surface area contributed by atoms with Crippen LogP contribution in [-0.4, -0.2) is 96.7 Å². The van der Waals surface area contributed by atoms with Gasteiger partial charge in [0, 0.05) is 25.7 Å². The fraction of sp³-hybridized carbons (Fsp3) is 0.943. The van der Waals surface area contributed by atoms with Crippen LogP contribution in [0.2, 0.25) is 0 Å². The van der Waals surface area contributed by atoms with Crippen LogP contribution in [0.3, 0.4) is 0 Å². The number of phosphoric ester groups is 2. The van der Waals surface area contributed by atoms with Crippen molar-refractivity contribution in [1.29, 1.82) is 0 Å². The summed E-state index contributed by atoms with van der Waals surface area (Å²) in [5, 5.41) is 10.6. The lowest BCUT2D eigenvalue weighted by Crippen LogP contribution is -2.30. The minimum atomic E-state index is -4.95. The van der Waals surface area contributed by atoms with E-state index in [1.165, 1.54) is 148 Å². The molecule has 0 saturated carbocycles. The third-order valence-corrected chi connectivity index (χ3v) is 19.1. The van der Waals surface area contributed by atoms with Gasteiger partial charge in [-0.1, -0.05) is 293 Å². The molecule has 0 radical (unpaired) electrons. The standard InChI is InChI=1S/C70H136O17P2/c1-9-61(6)47-39-31-23-16-19-26-34-42-50-67(72)80-56-65(86-69(74)52-44-36-28-15-13-12-14-22-30-38-46-60(4)5)58-84-88(76,77)82-54-64(71)55-83-89(78,79)85-59-66(87-70(75)53-45-37-29-21-18-25-33-41-49-63(8)11-3)57-81-68(73)51-43-35-27-20-17-24-32-40-48-62(7)10-2/h60-66,71H,9-59H2,1-8H3,(H,76,77)(H,78,79)/t61?,62?,63?,64-,65-,66-/m1/s1. The highest BCUT2D eigenvalue weighted by atomic mass is 31.2. The third-order valence-electron chi connectivity index (χ3n) is 17.2. The Labute approximate surface area is 543 Å². The number of ether oxygens (including phenoxy) is 4. The Morgan fingerprint density at radius 2 is 0.539 bits per heavy atom. The Hall–Kier alpha value is -1.94. The molecule has 0 bridgehead atoms. The lowest BCUT2D eigenvalue weighted by Gasteiger charge is -2.21. The predicted molar refractivity (Wildman–Crippen MR) is 358 cm³/mol. The number of esters is 4. The van der Waals surface area contributed by atoms with Crippen LogP contribution >= 0.6 is 15.6 Å². The van der Waals surface area contributed by atoms with Gasteiger partial charge in [-0.25, -0.2) is 9.13 Å². The second-order valence-corrected chi connectivity index (χ2v) is 29.4. The molecule has 0 aliphatic carbocycles. The van der Waals surface area contributed by atoms with Crippen molar-refractivity contribution in [3.05, 3.63) is 0 Å². The molecule has 0 aromatic heterocycles. The predicted octanol–water partition coefficient (Wildman–Crippen LogP) is 19.7. The molecule has 0 aliphatic heterocycles. The zero-order chi connectivity index (χ0) is 66.1. The molecule has 0 heterocycles. The lowest BCUT2D eigenvalue weighted by atomic mass is 9.99. The van der Waals surface area contributed by atoms with E-state index in [-0.39, 0.29) is 25.7 Å². The number of carbonyl (C=O) groups excluding carboxylic acids is 4. The van der Waals surface area contributed by atoms with Crippen molar-refractivity contribution in [1.82, 2.24) is 0 Å². The number of aliphatic hydroxyl groups excluding tert-OH is 1. The maximum absolute atomic E-state index is 13.0. The van der Waals surface area contributed by atoms with E-state index in [9.17, 15) is 43.2 Å². The van der Waals surface area contributed by atoms with Gasteiger partial charge < -0.3 is 33.8 Å². The minimum absolute atomic E-state index is 0.104. The summed E-state index contributed by atoms with van der Waals surface area (Å²) in [5.74, 6) is 0.946. The van der Waals surface area contributed by atoms with Gasteiger partial charge in [-0.15, -0.1) is 0 Å². The quantitative estimate of drug-likeness (QED) is 0.0222. The summed E-state index contributed by atoms with van der Waals surface area (Å²) in [6, 6.07) is 0. The first-order chi connectivity index (χ1) is 42.7. The molecule has 0 rings (SSSR count). The van der Waals surface area contributed by atoms with E-state index in [0.29, 0.717) is 25.7 Å². The molecule has 19 heteroatoms. The van der Waals surface area contributed by atoms with Crippen molar-refractivity contribution in [2.75, 3.05) is 39.6 Å². The molecule has 3 N–H and O–H groups in total. The van der Waals surface area contributed by atoms with E-state index < -0.39 is 97.5 Å². The molecule has 0 aromatic rings. The second-order valence-electron chi connectivity index (χ2n) is 26.5. The summed E-state index contributed by atoms with van der Waals surface area (Å²) in [6.07, 6.45) is 41.5. The molecule has 0 aromatic carbocycles. The van der Waals surface area contributed by atoms with E-state index in [1.54, 1.807) is 0 Å². The van der Waals surface area contributed by atoms with Gasteiger partial charge in [0.05, 0.1) is 26.4 Å². The van der Waals surface area contributed by atoms with Crippen LogP contribution in [0.5, 0.6) is 0 Å². The molecule has 0 spiro atoms. The average Bonchev–Trinajstić information content (AvgIpc) is 3.69. The topological polar surface area (TPSA) is 237 Å². The minimum Gasteiger partial charge on any atom is -0.462 e. The van der Waals surface area contributed by atoms with Crippen LogP contribution in [-0.2, 0) is 65.4 Å².